The smallest absolute Gasteiger partial charge is 0.294 e. The summed E-state index contributed by atoms with van der Waals surface area (Å²) in [5.74, 6) is -2.04. The first-order chi connectivity index (χ1) is 8.36. The van der Waals surface area contributed by atoms with E-state index in [4.69, 9.17) is 11.6 Å². The number of carbonyl (C=O) groups is 1. The summed E-state index contributed by atoms with van der Waals surface area (Å²) >= 11 is 7.94. The van der Waals surface area contributed by atoms with Gasteiger partial charge in [0.1, 0.15) is 0 Å². The summed E-state index contributed by atoms with van der Waals surface area (Å²) in [6.07, 6.45) is -4.92. The lowest BCUT2D eigenvalue weighted by molar-refractivity contribution is -0.167. The molecule has 0 fully saturated rings. The number of nitrogens with zero attached hydrogens (tertiary/aromatic N) is 1. The average Bonchev–Trinajstić information content (AvgIpc) is 2.85. The molecule has 0 saturated carbocycles. The molecule has 0 atom stereocenters. The Hall–Kier alpha value is -1.12. The van der Waals surface area contributed by atoms with Crippen LogP contribution in [0.3, 0.4) is 0 Å². The summed E-state index contributed by atoms with van der Waals surface area (Å²) in [6.45, 7) is 0. The van der Waals surface area contributed by atoms with Gasteiger partial charge in [-0.25, -0.2) is 4.98 Å². The highest BCUT2D eigenvalue weighted by Gasteiger charge is 2.39. The average molecular weight is 313 g/mol. The molecule has 0 spiro atoms. The largest absolute Gasteiger partial charge is 0.471 e. The zero-order valence-electron chi connectivity index (χ0n) is 8.42. The number of nitrogens with one attached hydrogen (secondary N) is 1. The van der Waals surface area contributed by atoms with Crippen molar-refractivity contribution in [2.24, 2.45) is 0 Å². The molecule has 0 aliphatic rings. The second kappa shape index (κ2) is 4.87. The second-order valence-electron chi connectivity index (χ2n) is 3.13. The van der Waals surface area contributed by atoms with Crippen molar-refractivity contribution in [3.8, 4) is 11.3 Å². The lowest BCUT2D eigenvalue weighted by Crippen LogP contribution is -2.29. The Balaban J connectivity index is 2.14. The zero-order valence-corrected chi connectivity index (χ0v) is 10.8. The summed E-state index contributed by atoms with van der Waals surface area (Å²) in [4.78, 5) is 14.6. The van der Waals surface area contributed by atoms with Crippen LogP contribution >= 0.6 is 34.3 Å². The zero-order chi connectivity index (χ0) is 13.3. The second-order valence-corrected chi connectivity index (χ2v) is 5.53. The number of thiophene rings is 1. The highest BCUT2D eigenvalue weighted by atomic mass is 35.5. The standard InChI is InChI=1S/C9H4ClF3N2OS2/c10-6-1-4(2-17-6)5-3-18-8(14-5)15-7(16)9(11,12)13/h1-3H,(H,14,15,16). The quantitative estimate of drug-likeness (QED) is 0.910. The molecule has 96 valence electrons. The molecular weight excluding hydrogens is 309 g/mol. The van der Waals surface area contributed by atoms with E-state index >= 15 is 0 Å². The number of hydrogen-bond donors (Lipinski definition) is 1. The predicted octanol–water partition coefficient (Wildman–Crippen LogP) is 4.03. The van der Waals surface area contributed by atoms with E-state index in [9.17, 15) is 18.0 Å². The van der Waals surface area contributed by atoms with Gasteiger partial charge in [0.05, 0.1) is 10.0 Å². The number of aromatic nitrogens is 1. The Morgan fingerprint density at radius 2 is 2.06 bits per heavy atom. The van der Waals surface area contributed by atoms with Crippen molar-refractivity contribution in [1.29, 1.82) is 0 Å². The highest BCUT2D eigenvalue weighted by molar-refractivity contribution is 7.15. The molecule has 0 saturated heterocycles. The molecule has 1 amide bonds. The fourth-order valence-corrected chi connectivity index (χ4v) is 2.67. The van der Waals surface area contributed by atoms with E-state index in [1.54, 1.807) is 22.1 Å². The van der Waals surface area contributed by atoms with Crippen molar-refractivity contribution in [3.63, 3.8) is 0 Å². The van der Waals surface area contributed by atoms with E-state index in [0.29, 0.717) is 15.6 Å². The van der Waals surface area contributed by atoms with E-state index in [0.717, 1.165) is 11.3 Å². The maximum Gasteiger partial charge on any atom is 0.471 e. The molecule has 2 heterocycles. The number of alkyl halides is 3. The Bertz CT molecular complexity index is 578. The Kier molecular flexibility index (Phi) is 3.60. The molecule has 0 aliphatic carbocycles. The maximum absolute atomic E-state index is 12.0. The lowest BCUT2D eigenvalue weighted by atomic mass is 10.3. The summed E-state index contributed by atoms with van der Waals surface area (Å²) < 4.78 is 36.6. The molecule has 1 N–H and O–H groups in total. The minimum atomic E-state index is -4.92. The number of carbonyl (C=O) groups excluding carboxylic acids is 1. The number of hydrogen-bond acceptors (Lipinski definition) is 4. The van der Waals surface area contributed by atoms with Gasteiger partial charge < -0.3 is 0 Å². The van der Waals surface area contributed by atoms with E-state index in [-0.39, 0.29) is 5.13 Å². The van der Waals surface area contributed by atoms with Gasteiger partial charge in [0.25, 0.3) is 0 Å². The van der Waals surface area contributed by atoms with Gasteiger partial charge >= 0.3 is 12.1 Å². The van der Waals surface area contributed by atoms with Crippen molar-refractivity contribution >= 4 is 45.3 Å². The molecule has 0 radical (unpaired) electrons. The van der Waals surface area contributed by atoms with Crippen LogP contribution in [0.4, 0.5) is 18.3 Å². The number of rotatable bonds is 2. The molecule has 18 heavy (non-hydrogen) atoms. The lowest BCUT2D eigenvalue weighted by Gasteiger charge is -2.04. The number of amides is 1. The van der Waals surface area contributed by atoms with Crippen LogP contribution in [0.15, 0.2) is 16.8 Å². The molecule has 3 nitrogen and oxygen atoms in total. The van der Waals surface area contributed by atoms with Crippen LogP contribution in [0.25, 0.3) is 11.3 Å². The molecule has 2 rings (SSSR count). The molecule has 0 aromatic carbocycles. The fraction of sp³-hybridized carbons (Fsp3) is 0.111. The van der Waals surface area contributed by atoms with Crippen molar-refractivity contribution < 1.29 is 18.0 Å². The van der Waals surface area contributed by atoms with Crippen LogP contribution in [0, 0.1) is 0 Å². The van der Waals surface area contributed by atoms with Crippen LogP contribution in [0.5, 0.6) is 0 Å². The first-order valence-corrected chi connectivity index (χ1v) is 6.58. The van der Waals surface area contributed by atoms with Crippen LogP contribution in [0.2, 0.25) is 4.34 Å². The van der Waals surface area contributed by atoms with Crippen LogP contribution in [0.1, 0.15) is 0 Å². The van der Waals surface area contributed by atoms with Gasteiger partial charge in [-0.05, 0) is 6.07 Å². The van der Waals surface area contributed by atoms with Crippen LogP contribution in [-0.4, -0.2) is 17.1 Å². The summed E-state index contributed by atoms with van der Waals surface area (Å²) in [7, 11) is 0. The molecule has 2 aromatic heterocycles. The third-order valence-corrected chi connectivity index (χ3v) is 3.69. The van der Waals surface area contributed by atoms with E-state index in [1.165, 1.54) is 11.3 Å². The molecule has 9 heteroatoms. The first-order valence-electron chi connectivity index (χ1n) is 4.44. The third-order valence-electron chi connectivity index (χ3n) is 1.85. The Labute approximate surface area is 112 Å². The molecule has 0 bridgehead atoms. The third kappa shape index (κ3) is 3.01. The molecule has 0 unspecified atom stereocenters. The van der Waals surface area contributed by atoms with Gasteiger partial charge in [-0.2, -0.15) is 13.2 Å². The minimum absolute atomic E-state index is 0.102. The van der Waals surface area contributed by atoms with Crippen molar-refractivity contribution in [1.82, 2.24) is 4.98 Å². The fourth-order valence-electron chi connectivity index (χ4n) is 1.08. The highest BCUT2D eigenvalue weighted by Crippen LogP contribution is 2.31. The molecular formula is C9H4ClF3N2OS2. The number of thiazole rings is 1. The van der Waals surface area contributed by atoms with Crippen LogP contribution < -0.4 is 5.32 Å². The van der Waals surface area contributed by atoms with Gasteiger partial charge in [0, 0.05) is 16.3 Å². The van der Waals surface area contributed by atoms with Gasteiger partial charge in [0.2, 0.25) is 0 Å². The van der Waals surface area contributed by atoms with Crippen molar-refractivity contribution in [2.75, 3.05) is 5.32 Å². The van der Waals surface area contributed by atoms with E-state index in [2.05, 4.69) is 4.98 Å². The minimum Gasteiger partial charge on any atom is -0.294 e. The Morgan fingerprint density at radius 1 is 1.33 bits per heavy atom. The molecule has 0 aliphatic heterocycles. The molecule has 2 aromatic rings. The summed E-state index contributed by atoms with van der Waals surface area (Å²) in [5, 5.41) is 4.87. The Morgan fingerprint density at radius 3 is 2.61 bits per heavy atom. The number of anilines is 1. The van der Waals surface area contributed by atoms with Gasteiger partial charge in [-0.3, -0.25) is 10.1 Å². The van der Waals surface area contributed by atoms with Crippen molar-refractivity contribution in [2.45, 2.75) is 6.18 Å². The van der Waals surface area contributed by atoms with E-state index < -0.39 is 12.1 Å². The van der Waals surface area contributed by atoms with Gasteiger partial charge in [0.15, 0.2) is 5.13 Å². The topological polar surface area (TPSA) is 42.0 Å². The first kappa shape index (κ1) is 13.3. The van der Waals surface area contributed by atoms with E-state index in [1.807, 2.05) is 0 Å². The summed E-state index contributed by atoms with van der Waals surface area (Å²) in [6, 6.07) is 1.65. The van der Waals surface area contributed by atoms with Gasteiger partial charge in [-0.15, -0.1) is 22.7 Å². The monoisotopic (exact) mass is 312 g/mol. The normalized spacial score (nSPS) is 11.6. The predicted molar refractivity (Wildman–Crippen MR) is 65.1 cm³/mol. The summed E-state index contributed by atoms with van der Waals surface area (Å²) in [5.41, 5.74) is 1.18. The van der Waals surface area contributed by atoms with Gasteiger partial charge in [-0.1, -0.05) is 11.6 Å². The van der Waals surface area contributed by atoms with Crippen molar-refractivity contribution in [3.05, 3.63) is 21.2 Å². The SMILES string of the molecule is O=C(Nc1nc(-c2csc(Cl)c2)cs1)C(F)(F)F. The number of halogens is 4. The van der Waals surface area contributed by atoms with Crippen LogP contribution in [-0.2, 0) is 4.79 Å². The maximum atomic E-state index is 12.0.